The lowest BCUT2D eigenvalue weighted by Gasteiger charge is -2.27. The van der Waals surface area contributed by atoms with Crippen molar-refractivity contribution in [2.45, 2.75) is 39.5 Å². The van der Waals surface area contributed by atoms with Crippen LogP contribution in [-0.4, -0.2) is 48.2 Å². The second-order valence-corrected chi connectivity index (χ2v) is 11.0. The smallest absolute Gasteiger partial charge is 0.283 e. The molecule has 0 radical (unpaired) electrons. The molecule has 2 aliphatic rings. The molecular formula is C35H37N3O5S. The van der Waals surface area contributed by atoms with Crippen LogP contribution in [0, 0.1) is 5.41 Å². The molecule has 5 rings (SSSR count). The fourth-order valence-corrected chi connectivity index (χ4v) is 5.63. The first-order chi connectivity index (χ1) is 21.6. The van der Waals surface area contributed by atoms with Crippen LogP contribution < -0.4 is 18.9 Å². The number of thioether (sulfide) groups is 1. The lowest BCUT2D eigenvalue weighted by Crippen LogP contribution is -2.38. The number of nitrogens with zero attached hydrogens (tertiary/aromatic N) is 2. The van der Waals surface area contributed by atoms with Crippen molar-refractivity contribution in [2.75, 3.05) is 26.4 Å². The Morgan fingerprint density at radius 3 is 2.27 bits per heavy atom. The fraction of sp³-hybridized carbons (Fsp3) is 0.286. The number of ether oxygens (including phenoxy) is 4. The molecule has 0 saturated carbocycles. The molecule has 9 heteroatoms. The fourth-order valence-electron chi connectivity index (χ4n) is 4.75. The van der Waals surface area contributed by atoms with Gasteiger partial charge >= 0.3 is 0 Å². The third-order valence-electron chi connectivity index (χ3n) is 6.96. The number of aliphatic imine (C=N–C) groups is 1. The number of nitrogens with one attached hydrogen (secondary N) is 1. The van der Waals surface area contributed by atoms with Gasteiger partial charge in [0, 0.05) is 5.41 Å². The zero-order valence-electron chi connectivity index (χ0n) is 25.1. The summed E-state index contributed by atoms with van der Waals surface area (Å²) in [7, 11) is 0. The number of rotatable bonds is 15. The Labute approximate surface area is 262 Å². The van der Waals surface area contributed by atoms with Crippen molar-refractivity contribution in [2.24, 2.45) is 4.99 Å². The van der Waals surface area contributed by atoms with Crippen LogP contribution in [0.1, 0.15) is 50.7 Å². The molecule has 0 aliphatic carbocycles. The van der Waals surface area contributed by atoms with Crippen LogP contribution >= 0.6 is 11.8 Å². The SMILES string of the molecule is CCCCCCOc1ccc(OCCOc2ccc(/C=C3\C(=N)N4C(c5ccccc5)=CSC4=NC3=O)cc2OCC)cc1. The van der Waals surface area contributed by atoms with Crippen molar-refractivity contribution in [3.63, 3.8) is 0 Å². The molecular weight excluding hydrogens is 574 g/mol. The lowest BCUT2D eigenvalue weighted by molar-refractivity contribution is -0.114. The summed E-state index contributed by atoms with van der Waals surface area (Å²) in [4.78, 5) is 18.9. The van der Waals surface area contributed by atoms with Crippen LogP contribution in [0.25, 0.3) is 11.8 Å². The Morgan fingerprint density at radius 2 is 1.55 bits per heavy atom. The minimum Gasteiger partial charge on any atom is -0.494 e. The van der Waals surface area contributed by atoms with Crippen molar-refractivity contribution in [3.8, 4) is 23.0 Å². The molecule has 0 atom stereocenters. The standard InChI is InChI=1S/C35H37N3O5S/c1-3-5-6-10-19-41-27-14-16-28(17-15-27)42-20-21-43-31-18-13-25(23-32(31)40-4-2)22-29-33(36)38-30(26-11-8-7-9-12-26)24-44-35(38)37-34(29)39/h7-9,11-18,22-24,36H,3-6,10,19-21H2,1-2H3/b29-22+,36-33?. The summed E-state index contributed by atoms with van der Waals surface area (Å²) in [6.07, 6.45) is 6.37. The first kappa shape index (κ1) is 30.9. The van der Waals surface area contributed by atoms with Crippen molar-refractivity contribution < 1.29 is 23.7 Å². The number of fused-ring (bicyclic) bond motifs is 1. The minimum absolute atomic E-state index is 0.0853. The predicted molar refractivity (Wildman–Crippen MR) is 177 cm³/mol. The van der Waals surface area contributed by atoms with E-state index < -0.39 is 5.91 Å². The first-order valence-corrected chi connectivity index (χ1v) is 15.9. The first-order valence-electron chi connectivity index (χ1n) is 15.0. The molecule has 3 aromatic rings. The molecule has 0 bridgehead atoms. The van der Waals surface area contributed by atoms with E-state index in [1.807, 2.05) is 73.0 Å². The summed E-state index contributed by atoms with van der Waals surface area (Å²) < 4.78 is 23.5. The van der Waals surface area contributed by atoms with E-state index in [0.717, 1.165) is 35.8 Å². The van der Waals surface area contributed by atoms with Gasteiger partial charge in [0.15, 0.2) is 16.7 Å². The van der Waals surface area contributed by atoms with Crippen molar-refractivity contribution >= 4 is 40.4 Å². The van der Waals surface area contributed by atoms with Crippen molar-refractivity contribution in [3.05, 3.63) is 94.9 Å². The minimum atomic E-state index is -0.446. The highest BCUT2D eigenvalue weighted by atomic mass is 32.2. The van der Waals surface area contributed by atoms with Crippen molar-refractivity contribution in [1.29, 1.82) is 5.41 Å². The molecule has 228 valence electrons. The summed E-state index contributed by atoms with van der Waals surface area (Å²) in [6.45, 7) is 5.94. The normalized spacial score (nSPS) is 15.1. The largest absolute Gasteiger partial charge is 0.494 e. The zero-order chi connectivity index (χ0) is 30.7. The maximum absolute atomic E-state index is 12.9. The van der Waals surface area contributed by atoms with Gasteiger partial charge in [0.25, 0.3) is 5.91 Å². The maximum Gasteiger partial charge on any atom is 0.283 e. The summed E-state index contributed by atoms with van der Waals surface area (Å²) in [5, 5.41) is 11.3. The number of amidine groups is 2. The third kappa shape index (κ3) is 7.71. The second-order valence-electron chi connectivity index (χ2n) is 10.1. The van der Waals surface area contributed by atoms with E-state index in [2.05, 4.69) is 11.9 Å². The van der Waals surface area contributed by atoms with Crippen LogP contribution in [0.5, 0.6) is 23.0 Å². The lowest BCUT2D eigenvalue weighted by atomic mass is 10.1. The van der Waals surface area contributed by atoms with Crippen molar-refractivity contribution in [1.82, 2.24) is 4.90 Å². The number of amides is 1. The van der Waals surface area contributed by atoms with Gasteiger partial charge in [0.1, 0.15) is 30.5 Å². The number of unbranched alkanes of at least 4 members (excludes halogenated alkanes) is 3. The highest BCUT2D eigenvalue weighted by Gasteiger charge is 2.36. The van der Waals surface area contributed by atoms with Crippen LogP contribution in [0.2, 0.25) is 0 Å². The molecule has 1 N–H and O–H groups in total. The van der Waals surface area contributed by atoms with Crippen LogP contribution in [0.4, 0.5) is 0 Å². The third-order valence-corrected chi connectivity index (χ3v) is 7.79. The summed E-state index contributed by atoms with van der Waals surface area (Å²) in [6, 6.07) is 22.8. The van der Waals surface area contributed by atoms with E-state index in [4.69, 9.17) is 24.4 Å². The van der Waals surface area contributed by atoms with Gasteiger partial charge in [0.2, 0.25) is 0 Å². The van der Waals surface area contributed by atoms with Crippen LogP contribution in [-0.2, 0) is 4.79 Å². The number of carbonyl (C=O) groups excluding carboxylic acids is 1. The predicted octanol–water partition coefficient (Wildman–Crippen LogP) is 7.81. The summed E-state index contributed by atoms with van der Waals surface area (Å²) in [5.41, 5.74) is 2.68. The van der Waals surface area contributed by atoms with E-state index in [-0.39, 0.29) is 11.4 Å². The summed E-state index contributed by atoms with van der Waals surface area (Å²) >= 11 is 1.34. The van der Waals surface area contributed by atoms with Gasteiger partial charge in [-0.1, -0.05) is 74.3 Å². The van der Waals surface area contributed by atoms with Gasteiger partial charge in [-0.2, -0.15) is 4.99 Å². The number of benzene rings is 3. The molecule has 44 heavy (non-hydrogen) atoms. The monoisotopic (exact) mass is 611 g/mol. The Bertz CT molecular complexity index is 1550. The Morgan fingerprint density at radius 1 is 0.818 bits per heavy atom. The molecule has 1 amide bonds. The van der Waals surface area contributed by atoms with Crippen LogP contribution in [0.15, 0.2) is 88.8 Å². The molecule has 0 aromatic heterocycles. The molecule has 0 fully saturated rings. The van der Waals surface area contributed by atoms with E-state index in [9.17, 15) is 4.79 Å². The van der Waals surface area contributed by atoms with E-state index >= 15 is 0 Å². The molecule has 0 unspecified atom stereocenters. The van der Waals surface area contributed by atoms with E-state index in [1.165, 1.54) is 31.0 Å². The number of carbonyl (C=O) groups is 1. The molecule has 2 aliphatic heterocycles. The molecule has 0 saturated heterocycles. The molecule has 8 nitrogen and oxygen atoms in total. The van der Waals surface area contributed by atoms with Gasteiger partial charge in [-0.05, 0) is 66.9 Å². The quantitative estimate of drug-likeness (QED) is 0.138. The highest BCUT2D eigenvalue weighted by Crippen LogP contribution is 2.38. The molecule has 0 spiro atoms. The molecule has 3 aromatic carbocycles. The van der Waals surface area contributed by atoms with Crippen LogP contribution in [0.3, 0.4) is 0 Å². The average molecular weight is 612 g/mol. The van der Waals surface area contributed by atoms with Gasteiger partial charge in [0.05, 0.1) is 24.5 Å². The Balaban J connectivity index is 1.19. The topological polar surface area (TPSA) is 93.4 Å². The average Bonchev–Trinajstić information content (AvgIpc) is 3.47. The molecule has 2 heterocycles. The maximum atomic E-state index is 12.9. The van der Waals surface area contributed by atoms with Gasteiger partial charge in [-0.25, -0.2) is 0 Å². The number of hydrogen-bond donors (Lipinski definition) is 1. The second kappa shape index (κ2) is 15.3. The van der Waals surface area contributed by atoms with Gasteiger partial charge in [-0.15, -0.1) is 0 Å². The highest BCUT2D eigenvalue weighted by molar-refractivity contribution is 8.17. The summed E-state index contributed by atoms with van der Waals surface area (Å²) in [5.74, 6) is 2.33. The Hall–Kier alpha value is -4.50. The van der Waals surface area contributed by atoms with E-state index in [1.54, 1.807) is 23.1 Å². The Kier molecular flexibility index (Phi) is 10.8. The zero-order valence-corrected chi connectivity index (χ0v) is 25.9. The van der Waals surface area contributed by atoms with Gasteiger partial charge < -0.3 is 18.9 Å². The van der Waals surface area contributed by atoms with E-state index in [0.29, 0.717) is 42.1 Å². The van der Waals surface area contributed by atoms with Gasteiger partial charge in [-0.3, -0.25) is 15.1 Å². The number of hydrogen-bond acceptors (Lipinski definition) is 7.